The Balaban J connectivity index is 1.97. The molecule has 7 heteroatoms. The van der Waals surface area contributed by atoms with Gasteiger partial charge in [0.15, 0.2) is 16.6 Å². The van der Waals surface area contributed by atoms with Crippen LogP contribution in [0.2, 0.25) is 0 Å². The van der Waals surface area contributed by atoms with Gasteiger partial charge in [0.05, 0.1) is 10.2 Å². The summed E-state index contributed by atoms with van der Waals surface area (Å²) in [5, 5.41) is 9.02. The SMILES string of the molecule is Nc1nc2ccc(-c3nnc4ccc(Br)cn34)cc2s1. The molecular weight excluding hydrogens is 338 g/mol. The Labute approximate surface area is 126 Å². The topological polar surface area (TPSA) is 69.1 Å². The van der Waals surface area contributed by atoms with Crippen molar-refractivity contribution >= 4 is 48.3 Å². The van der Waals surface area contributed by atoms with Crippen LogP contribution >= 0.6 is 27.3 Å². The number of hydrogen-bond acceptors (Lipinski definition) is 5. The van der Waals surface area contributed by atoms with E-state index in [0.29, 0.717) is 5.13 Å². The van der Waals surface area contributed by atoms with E-state index in [1.165, 1.54) is 11.3 Å². The molecule has 3 aromatic heterocycles. The third kappa shape index (κ3) is 1.78. The van der Waals surface area contributed by atoms with E-state index in [9.17, 15) is 0 Å². The molecule has 20 heavy (non-hydrogen) atoms. The zero-order valence-corrected chi connectivity index (χ0v) is 12.5. The Kier molecular flexibility index (Phi) is 2.51. The normalized spacial score (nSPS) is 11.4. The summed E-state index contributed by atoms with van der Waals surface area (Å²) in [5.41, 5.74) is 8.45. The number of fused-ring (bicyclic) bond motifs is 2. The van der Waals surface area contributed by atoms with Crippen molar-refractivity contribution in [2.45, 2.75) is 0 Å². The van der Waals surface area contributed by atoms with Crippen molar-refractivity contribution in [2.24, 2.45) is 0 Å². The maximum Gasteiger partial charge on any atom is 0.181 e. The van der Waals surface area contributed by atoms with Crippen LogP contribution in [-0.4, -0.2) is 19.6 Å². The largest absolute Gasteiger partial charge is 0.375 e. The summed E-state index contributed by atoms with van der Waals surface area (Å²) in [5.74, 6) is 0.801. The van der Waals surface area contributed by atoms with Gasteiger partial charge in [0.1, 0.15) is 0 Å². The third-order valence-electron chi connectivity index (χ3n) is 3.03. The lowest BCUT2D eigenvalue weighted by Gasteiger charge is -2.00. The Hall–Kier alpha value is -1.99. The van der Waals surface area contributed by atoms with Gasteiger partial charge in [0.25, 0.3) is 0 Å². The molecular formula is C13H8BrN5S. The van der Waals surface area contributed by atoms with Crippen LogP contribution in [0.25, 0.3) is 27.3 Å². The Bertz CT molecular complexity index is 942. The maximum atomic E-state index is 5.74. The molecule has 0 atom stereocenters. The molecule has 0 saturated heterocycles. The molecule has 5 nitrogen and oxygen atoms in total. The fraction of sp³-hybridized carbons (Fsp3) is 0. The van der Waals surface area contributed by atoms with Crippen molar-refractivity contribution in [3.8, 4) is 11.4 Å². The van der Waals surface area contributed by atoms with Gasteiger partial charge in [-0.15, -0.1) is 10.2 Å². The molecule has 98 valence electrons. The first-order chi connectivity index (χ1) is 9.70. The molecule has 1 aromatic carbocycles. The quantitative estimate of drug-likeness (QED) is 0.574. The molecule has 3 heterocycles. The highest BCUT2D eigenvalue weighted by atomic mass is 79.9. The molecule has 0 bridgehead atoms. The van der Waals surface area contributed by atoms with E-state index < -0.39 is 0 Å². The summed E-state index contributed by atoms with van der Waals surface area (Å²) >= 11 is 4.94. The van der Waals surface area contributed by atoms with Crippen LogP contribution in [-0.2, 0) is 0 Å². The predicted octanol–water partition coefficient (Wildman–Crippen LogP) is 3.35. The van der Waals surface area contributed by atoms with Crippen molar-refractivity contribution in [1.82, 2.24) is 19.6 Å². The lowest BCUT2D eigenvalue weighted by molar-refractivity contribution is 1.11. The molecule has 0 radical (unpaired) electrons. The Morgan fingerprint density at radius 1 is 1.15 bits per heavy atom. The summed E-state index contributed by atoms with van der Waals surface area (Å²) in [6, 6.07) is 9.85. The molecule has 0 amide bonds. The fourth-order valence-electron chi connectivity index (χ4n) is 2.14. The van der Waals surface area contributed by atoms with E-state index in [4.69, 9.17) is 5.73 Å². The molecule has 0 fully saturated rings. The van der Waals surface area contributed by atoms with Gasteiger partial charge in [-0.3, -0.25) is 4.40 Å². The Morgan fingerprint density at radius 2 is 2.05 bits per heavy atom. The van der Waals surface area contributed by atoms with Gasteiger partial charge in [-0.1, -0.05) is 11.3 Å². The molecule has 0 spiro atoms. The van der Waals surface area contributed by atoms with Crippen LogP contribution in [0.1, 0.15) is 0 Å². The fourth-order valence-corrected chi connectivity index (χ4v) is 3.25. The van der Waals surface area contributed by atoms with Crippen molar-refractivity contribution in [3.63, 3.8) is 0 Å². The average molecular weight is 346 g/mol. The zero-order chi connectivity index (χ0) is 13.7. The molecule has 0 aliphatic carbocycles. The number of hydrogen-bond donors (Lipinski definition) is 1. The van der Waals surface area contributed by atoms with Crippen LogP contribution in [0.5, 0.6) is 0 Å². The van der Waals surface area contributed by atoms with E-state index in [-0.39, 0.29) is 0 Å². The van der Waals surface area contributed by atoms with Gasteiger partial charge in [-0.2, -0.15) is 0 Å². The summed E-state index contributed by atoms with van der Waals surface area (Å²) < 4.78 is 3.98. The molecule has 2 N–H and O–H groups in total. The first-order valence-corrected chi connectivity index (χ1v) is 7.48. The number of nitrogens with two attached hydrogens (primary N) is 1. The summed E-state index contributed by atoms with van der Waals surface area (Å²) in [6.45, 7) is 0. The Morgan fingerprint density at radius 3 is 2.95 bits per heavy atom. The van der Waals surface area contributed by atoms with Crippen LogP contribution < -0.4 is 5.73 Å². The van der Waals surface area contributed by atoms with E-state index >= 15 is 0 Å². The predicted molar refractivity (Wildman–Crippen MR) is 83.7 cm³/mol. The van der Waals surface area contributed by atoms with Crippen molar-refractivity contribution < 1.29 is 0 Å². The molecule has 0 aliphatic rings. The highest BCUT2D eigenvalue weighted by Gasteiger charge is 2.10. The van der Waals surface area contributed by atoms with E-state index in [1.807, 2.05) is 40.9 Å². The highest BCUT2D eigenvalue weighted by molar-refractivity contribution is 9.10. The first kappa shape index (κ1) is 11.8. The van der Waals surface area contributed by atoms with Gasteiger partial charge < -0.3 is 5.73 Å². The summed E-state index contributed by atoms with van der Waals surface area (Å²) in [6.07, 6.45) is 1.95. The van der Waals surface area contributed by atoms with Crippen LogP contribution in [0.15, 0.2) is 41.0 Å². The van der Waals surface area contributed by atoms with Crippen molar-refractivity contribution in [3.05, 3.63) is 41.0 Å². The lowest BCUT2D eigenvalue weighted by Crippen LogP contribution is -1.89. The molecule has 0 unspecified atom stereocenters. The molecule has 0 saturated carbocycles. The van der Waals surface area contributed by atoms with Gasteiger partial charge in [0, 0.05) is 16.2 Å². The second-order valence-electron chi connectivity index (χ2n) is 4.33. The minimum atomic E-state index is 0.575. The van der Waals surface area contributed by atoms with Gasteiger partial charge >= 0.3 is 0 Å². The number of benzene rings is 1. The number of halogens is 1. The summed E-state index contributed by atoms with van der Waals surface area (Å²) in [4.78, 5) is 4.26. The third-order valence-corrected chi connectivity index (χ3v) is 4.35. The van der Waals surface area contributed by atoms with Crippen molar-refractivity contribution in [1.29, 1.82) is 0 Å². The monoisotopic (exact) mass is 345 g/mol. The van der Waals surface area contributed by atoms with E-state index in [0.717, 1.165) is 31.7 Å². The second-order valence-corrected chi connectivity index (χ2v) is 6.31. The first-order valence-electron chi connectivity index (χ1n) is 5.87. The minimum absolute atomic E-state index is 0.575. The molecule has 4 aromatic rings. The molecule has 4 rings (SSSR count). The number of nitrogens with zero attached hydrogens (tertiary/aromatic N) is 4. The zero-order valence-electron chi connectivity index (χ0n) is 10.1. The van der Waals surface area contributed by atoms with E-state index in [2.05, 4.69) is 31.1 Å². The maximum absolute atomic E-state index is 5.74. The van der Waals surface area contributed by atoms with Gasteiger partial charge in [-0.25, -0.2) is 4.98 Å². The second kappa shape index (κ2) is 4.26. The van der Waals surface area contributed by atoms with Gasteiger partial charge in [0.2, 0.25) is 0 Å². The van der Waals surface area contributed by atoms with Gasteiger partial charge in [-0.05, 0) is 46.3 Å². The molecule has 0 aliphatic heterocycles. The lowest BCUT2D eigenvalue weighted by atomic mass is 10.2. The van der Waals surface area contributed by atoms with Crippen molar-refractivity contribution in [2.75, 3.05) is 5.73 Å². The smallest absolute Gasteiger partial charge is 0.181 e. The minimum Gasteiger partial charge on any atom is -0.375 e. The van der Waals surface area contributed by atoms with Crippen LogP contribution in [0.4, 0.5) is 5.13 Å². The number of rotatable bonds is 1. The number of pyridine rings is 1. The number of thiazole rings is 1. The average Bonchev–Trinajstić information content (AvgIpc) is 2.99. The van der Waals surface area contributed by atoms with Crippen LogP contribution in [0, 0.1) is 0 Å². The highest BCUT2D eigenvalue weighted by Crippen LogP contribution is 2.29. The number of aromatic nitrogens is 4. The van der Waals surface area contributed by atoms with Crippen LogP contribution in [0.3, 0.4) is 0 Å². The van der Waals surface area contributed by atoms with E-state index in [1.54, 1.807) is 0 Å². The summed E-state index contributed by atoms with van der Waals surface area (Å²) in [7, 11) is 0. The number of anilines is 1. The number of nitrogen functional groups attached to an aromatic ring is 1. The standard InChI is InChI=1S/C13H8BrN5S/c14-8-2-4-11-17-18-12(19(11)6-8)7-1-3-9-10(5-7)20-13(15)16-9/h1-6H,(H2,15,16).